The van der Waals surface area contributed by atoms with Gasteiger partial charge in [0, 0.05) is 0 Å². The Morgan fingerprint density at radius 1 is 0.800 bits per heavy atom. The molecule has 0 spiro atoms. The molecule has 5 unspecified atom stereocenters. The molecule has 0 aromatic rings. The third-order valence-electron chi connectivity index (χ3n) is 7.55. The lowest BCUT2D eigenvalue weighted by Gasteiger charge is -2.47. The van der Waals surface area contributed by atoms with Crippen LogP contribution in [0.2, 0.25) is 0 Å². The molecule has 2 aliphatic carbocycles. The van der Waals surface area contributed by atoms with Crippen molar-refractivity contribution in [2.45, 2.75) is 104 Å². The highest BCUT2D eigenvalue weighted by molar-refractivity contribution is 5.79. The Balaban J connectivity index is 2.37. The number of fused-ring (bicyclic) bond motifs is 2. The summed E-state index contributed by atoms with van der Waals surface area (Å²) >= 11 is 0. The van der Waals surface area contributed by atoms with E-state index >= 15 is 0 Å². The summed E-state index contributed by atoms with van der Waals surface area (Å²) in [5.74, 6) is -4.32. The lowest BCUT2D eigenvalue weighted by molar-refractivity contribution is -0.373. The Kier molecular flexibility index (Phi) is 7.45. The molecule has 2 bridgehead atoms. The monoisotopic (exact) mass is 528 g/mol. The third kappa shape index (κ3) is 5.42. The number of aliphatic hydroxyl groups is 1. The minimum atomic E-state index is -6.00. The van der Waals surface area contributed by atoms with Gasteiger partial charge in [-0.25, -0.2) is 0 Å². The third-order valence-corrected chi connectivity index (χ3v) is 7.55. The fourth-order valence-corrected chi connectivity index (χ4v) is 5.89. The molecule has 35 heavy (non-hydrogen) atoms. The molecule has 3 nitrogen and oxygen atoms in total. The van der Waals surface area contributed by atoms with Gasteiger partial charge in [-0.05, 0) is 60.7 Å². The van der Waals surface area contributed by atoms with Gasteiger partial charge >= 0.3 is 24.5 Å². The predicted molar refractivity (Wildman–Crippen MR) is 108 cm³/mol. The average Bonchev–Trinajstić information content (AvgIpc) is 3.14. The molecule has 0 heterocycles. The standard InChI is InChI=1S/C23H33F9O3/c1-17(2,3)11-19(18(4,5)6,21(24,25)26)16(33)35-15-9-12-7-13(14(15)8-12)10-20(34,22(27,28)29)23(30,31)32/h12-15,34H,7-11H2,1-6H3. The van der Waals surface area contributed by atoms with Crippen molar-refractivity contribution < 1.29 is 54.2 Å². The van der Waals surface area contributed by atoms with Crippen LogP contribution < -0.4 is 0 Å². The molecule has 0 radical (unpaired) electrons. The molecule has 2 saturated carbocycles. The molecular formula is C23H33F9O3. The number of esters is 1. The summed E-state index contributed by atoms with van der Waals surface area (Å²) in [4.78, 5) is 13.2. The molecule has 0 saturated heterocycles. The maximum Gasteiger partial charge on any atom is 0.426 e. The van der Waals surface area contributed by atoms with Crippen molar-refractivity contribution in [2.24, 2.45) is 34.0 Å². The highest BCUT2D eigenvalue weighted by Crippen LogP contribution is 2.60. The minimum Gasteiger partial charge on any atom is -0.461 e. The first-order chi connectivity index (χ1) is 15.3. The number of hydrogen-bond acceptors (Lipinski definition) is 3. The fourth-order valence-electron chi connectivity index (χ4n) is 5.89. The van der Waals surface area contributed by atoms with Crippen molar-refractivity contribution in [3.63, 3.8) is 0 Å². The van der Waals surface area contributed by atoms with Gasteiger partial charge in [0.25, 0.3) is 5.60 Å². The number of ether oxygens (including phenoxy) is 1. The Hall–Kier alpha value is -1.20. The summed E-state index contributed by atoms with van der Waals surface area (Å²) in [6.07, 6.45) is -20.5. The van der Waals surface area contributed by atoms with Gasteiger partial charge in [0.05, 0.1) is 0 Å². The number of alkyl halides is 9. The van der Waals surface area contributed by atoms with Crippen LogP contribution in [0.15, 0.2) is 0 Å². The Morgan fingerprint density at radius 2 is 1.29 bits per heavy atom. The number of carbonyl (C=O) groups is 1. The molecule has 0 aromatic heterocycles. The van der Waals surface area contributed by atoms with E-state index in [-0.39, 0.29) is 19.3 Å². The summed E-state index contributed by atoms with van der Waals surface area (Å²) in [7, 11) is 0. The number of halogens is 9. The van der Waals surface area contributed by atoms with Crippen LogP contribution >= 0.6 is 0 Å². The molecular weight excluding hydrogens is 495 g/mol. The van der Waals surface area contributed by atoms with Crippen LogP contribution in [0.5, 0.6) is 0 Å². The summed E-state index contributed by atoms with van der Waals surface area (Å²) in [6.45, 7) is 8.29. The van der Waals surface area contributed by atoms with Gasteiger partial charge in [-0.1, -0.05) is 41.5 Å². The van der Waals surface area contributed by atoms with E-state index in [0.29, 0.717) is 0 Å². The number of rotatable bonds is 5. The van der Waals surface area contributed by atoms with E-state index in [0.717, 1.165) is 0 Å². The second-order valence-corrected chi connectivity index (χ2v) is 12.4. The van der Waals surface area contributed by atoms with Crippen molar-refractivity contribution in [3.05, 3.63) is 0 Å². The van der Waals surface area contributed by atoms with E-state index in [1.165, 1.54) is 41.5 Å². The molecule has 12 heteroatoms. The minimum absolute atomic E-state index is 0.0525. The van der Waals surface area contributed by atoms with Crippen LogP contribution in [0.4, 0.5) is 39.5 Å². The Labute approximate surface area is 198 Å². The van der Waals surface area contributed by atoms with Crippen LogP contribution in [-0.4, -0.2) is 41.3 Å². The molecule has 2 fully saturated rings. The van der Waals surface area contributed by atoms with Gasteiger partial charge in [0.1, 0.15) is 6.10 Å². The molecule has 2 aliphatic rings. The van der Waals surface area contributed by atoms with Crippen LogP contribution in [0, 0.1) is 34.0 Å². The van der Waals surface area contributed by atoms with E-state index in [4.69, 9.17) is 4.74 Å². The predicted octanol–water partition coefficient (Wildman–Crippen LogP) is 7.22. The summed E-state index contributed by atoms with van der Waals surface area (Å²) < 4.78 is 128. The first-order valence-electron chi connectivity index (χ1n) is 11.4. The van der Waals surface area contributed by atoms with Gasteiger partial charge in [-0.15, -0.1) is 0 Å². The van der Waals surface area contributed by atoms with Gasteiger partial charge < -0.3 is 9.84 Å². The normalized spacial score (nSPS) is 28.2. The van der Waals surface area contributed by atoms with Crippen molar-refractivity contribution in [1.29, 1.82) is 0 Å². The van der Waals surface area contributed by atoms with Gasteiger partial charge in [-0.2, -0.15) is 39.5 Å². The second kappa shape index (κ2) is 8.68. The zero-order valence-electron chi connectivity index (χ0n) is 20.5. The molecule has 5 atom stereocenters. The fraction of sp³-hybridized carbons (Fsp3) is 0.957. The van der Waals surface area contributed by atoms with Gasteiger partial charge in [-0.3, -0.25) is 4.79 Å². The van der Waals surface area contributed by atoms with Crippen molar-refractivity contribution in [3.8, 4) is 0 Å². The quantitative estimate of drug-likeness (QED) is 0.303. The molecule has 0 aromatic carbocycles. The first-order valence-corrected chi connectivity index (χ1v) is 11.4. The Morgan fingerprint density at radius 3 is 1.63 bits per heavy atom. The van der Waals surface area contributed by atoms with Gasteiger partial charge in [0.15, 0.2) is 5.41 Å². The topological polar surface area (TPSA) is 46.5 Å². The van der Waals surface area contributed by atoms with Crippen LogP contribution in [0.25, 0.3) is 0 Å². The molecule has 2 rings (SSSR count). The first kappa shape index (κ1) is 30.0. The molecule has 206 valence electrons. The maximum absolute atomic E-state index is 14.5. The van der Waals surface area contributed by atoms with Crippen LogP contribution in [0.1, 0.15) is 73.6 Å². The van der Waals surface area contributed by atoms with E-state index in [1.807, 2.05) is 0 Å². The number of hydrogen-bond donors (Lipinski definition) is 1. The molecule has 1 N–H and O–H groups in total. The lowest BCUT2D eigenvalue weighted by atomic mass is 9.59. The van der Waals surface area contributed by atoms with Crippen LogP contribution in [-0.2, 0) is 9.53 Å². The number of carbonyl (C=O) groups excluding carboxylic acids is 1. The maximum atomic E-state index is 14.5. The van der Waals surface area contributed by atoms with E-state index in [1.54, 1.807) is 0 Å². The highest BCUT2D eigenvalue weighted by Gasteiger charge is 2.72. The lowest BCUT2D eigenvalue weighted by Crippen LogP contribution is -2.59. The van der Waals surface area contributed by atoms with Crippen molar-refractivity contribution in [1.82, 2.24) is 0 Å². The zero-order valence-corrected chi connectivity index (χ0v) is 20.5. The second-order valence-electron chi connectivity index (χ2n) is 12.4. The van der Waals surface area contributed by atoms with Crippen molar-refractivity contribution >= 4 is 5.97 Å². The zero-order chi connectivity index (χ0) is 27.6. The Bertz CT molecular complexity index is 757. The smallest absolute Gasteiger partial charge is 0.426 e. The molecule has 0 aliphatic heterocycles. The summed E-state index contributed by atoms with van der Waals surface area (Å²) in [6, 6.07) is 0. The van der Waals surface area contributed by atoms with Gasteiger partial charge in [0.2, 0.25) is 0 Å². The van der Waals surface area contributed by atoms with E-state index < -0.39 is 83.0 Å². The van der Waals surface area contributed by atoms with E-state index in [2.05, 4.69) is 0 Å². The average molecular weight is 528 g/mol. The highest BCUT2D eigenvalue weighted by atomic mass is 19.4. The van der Waals surface area contributed by atoms with E-state index in [9.17, 15) is 49.4 Å². The SMILES string of the molecule is CC(C)(C)CC(C(=O)OC1CC2CC(CC(O)(C(F)(F)F)C(F)(F)F)C1C2)(C(C)(C)C)C(F)(F)F. The van der Waals surface area contributed by atoms with Crippen molar-refractivity contribution in [2.75, 3.05) is 0 Å². The summed E-state index contributed by atoms with van der Waals surface area (Å²) in [5.41, 5.74) is -10.5. The molecule has 0 amide bonds. The largest absolute Gasteiger partial charge is 0.461 e. The summed E-state index contributed by atoms with van der Waals surface area (Å²) in [5, 5.41) is 9.60. The van der Waals surface area contributed by atoms with Crippen LogP contribution in [0.3, 0.4) is 0 Å².